The van der Waals surface area contributed by atoms with Crippen LogP contribution in [0.25, 0.3) is 0 Å². The van der Waals surface area contributed by atoms with Crippen molar-refractivity contribution >= 4 is 33.3 Å². The summed E-state index contributed by atoms with van der Waals surface area (Å²) in [6.07, 6.45) is 7.67. The van der Waals surface area contributed by atoms with Crippen LogP contribution in [0, 0.1) is 11.3 Å². The van der Waals surface area contributed by atoms with E-state index in [2.05, 4.69) is 24.0 Å². The van der Waals surface area contributed by atoms with Crippen LogP contribution in [-0.4, -0.2) is 56.1 Å². The standard InChI is InChI=1S/C35H47ClN2O6S/c1-23(45(37,41)42)8-6-10-31(39)34(5)17-15-26(34)20-38-21-35(16-7-9-24-18-27(36)12-13-28(24)35)22-43-30-14-11-25(19-29(30)38)32(40)44-33(2,3)4/h6,10-14,18-19,23,26,31,39H,7-9,15-17,20-22H2,1-5H3,(H2,37,41,42)/b10-6+/t23-,26+,31-,34-,35+/m1/s1. The first-order valence-electron chi connectivity index (χ1n) is 15.9. The molecule has 0 unspecified atom stereocenters. The van der Waals surface area contributed by atoms with Crippen molar-refractivity contribution < 1.29 is 27.8 Å². The van der Waals surface area contributed by atoms with E-state index in [1.54, 1.807) is 25.1 Å². The van der Waals surface area contributed by atoms with Gasteiger partial charge in [0.15, 0.2) is 0 Å². The number of ether oxygens (including phenoxy) is 2. The summed E-state index contributed by atoms with van der Waals surface area (Å²) >= 11 is 6.41. The maximum Gasteiger partial charge on any atom is 0.338 e. The van der Waals surface area contributed by atoms with E-state index in [0.29, 0.717) is 25.3 Å². The third-order valence-corrected chi connectivity index (χ3v) is 11.6. The Morgan fingerprint density at radius 2 is 2.00 bits per heavy atom. The van der Waals surface area contributed by atoms with Gasteiger partial charge in [0.2, 0.25) is 10.0 Å². The minimum atomic E-state index is -3.64. The number of nitrogens with zero attached hydrogens (tertiary/aromatic N) is 1. The van der Waals surface area contributed by atoms with Crippen LogP contribution in [0.4, 0.5) is 5.69 Å². The van der Waals surface area contributed by atoms with Crippen molar-refractivity contribution in [1.82, 2.24) is 0 Å². The van der Waals surface area contributed by atoms with Crippen molar-refractivity contribution in [2.45, 2.75) is 95.5 Å². The molecule has 1 heterocycles. The van der Waals surface area contributed by atoms with Gasteiger partial charge in [-0.2, -0.15) is 0 Å². The van der Waals surface area contributed by atoms with E-state index in [0.717, 1.165) is 48.6 Å². The SMILES string of the molecule is C[C@H](C/C=C/[C@@H](O)[C@]1(C)CC[C@H]1CN1C[C@@]2(CCCc3cc(Cl)ccc32)COc2ccc(C(=O)OC(C)(C)C)cc21)S(N)(=O)=O. The Morgan fingerprint density at radius 3 is 2.67 bits per heavy atom. The third-order valence-electron chi connectivity index (χ3n) is 10.1. The number of aliphatic hydroxyl groups excluding tert-OH is 1. The number of nitrogens with two attached hydrogens (primary N) is 1. The van der Waals surface area contributed by atoms with Crippen molar-refractivity contribution in [3.63, 3.8) is 0 Å². The number of esters is 1. The summed E-state index contributed by atoms with van der Waals surface area (Å²) < 4.78 is 35.6. The smallest absolute Gasteiger partial charge is 0.338 e. The van der Waals surface area contributed by atoms with Gasteiger partial charge in [-0.25, -0.2) is 18.4 Å². The molecule has 5 rings (SSSR count). The molecule has 45 heavy (non-hydrogen) atoms. The first-order valence-corrected chi connectivity index (χ1v) is 17.9. The Kier molecular flexibility index (Phi) is 9.41. The number of halogens is 1. The fourth-order valence-corrected chi connectivity index (χ4v) is 7.66. The number of hydrogen-bond donors (Lipinski definition) is 2. The molecule has 0 bridgehead atoms. The van der Waals surface area contributed by atoms with E-state index in [1.807, 2.05) is 39.0 Å². The first kappa shape index (κ1) is 33.8. The van der Waals surface area contributed by atoms with E-state index < -0.39 is 32.4 Å². The van der Waals surface area contributed by atoms with E-state index >= 15 is 0 Å². The summed E-state index contributed by atoms with van der Waals surface area (Å²) in [6.45, 7) is 11.1. The summed E-state index contributed by atoms with van der Waals surface area (Å²) in [4.78, 5) is 15.5. The lowest BCUT2D eigenvalue weighted by Gasteiger charge is -2.52. The zero-order chi connectivity index (χ0) is 32.8. The zero-order valence-corrected chi connectivity index (χ0v) is 28.6. The lowest BCUT2D eigenvalue weighted by atomic mass is 9.58. The Balaban J connectivity index is 1.47. The van der Waals surface area contributed by atoms with E-state index in [4.69, 9.17) is 26.2 Å². The summed E-state index contributed by atoms with van der Waals surface area (Å²) in [6, 6.07) is 11.7. The lowest BCUT2D eigenvalue weighted by Crippen LogP contribution is -2.53. The minimum absolute atomic E-state index is 0.147. The maximum absolute atomic E-state index is 13.1. The Labute approximate surface area is 273 Å². The highest BCUT2D eigenvalue weighted by Gasteiger charge is 2.49. The molecule has 1 aliphatic heterocycles. The molecule has 1 fully saturated rings. The number of carbonyl (C=O) groups excluding carboxylic acids is 1. The minimum Gasteiger partial charge on any atom is -0.490 e. The highest BCUT2D eigenvalue weighted by Crippen LogP contribution is 2.52. The highest BCUT2D eigenvalue weighted by atomic mass is 35.5. The largest absolute Gasteiger partial charge is 0.490 e. The van der Waals surface area contributed by atoms with Gasteiger partial charge in [-0.1, -0.05) is 36.7 Å². The Hall–Kier alpha value is -2.59. The van der Waals surface area contributed by atoms with Crippen LogP contribution in [0.5, 0.6) is 5.75 Å². The summed E-state index contributed by atoms with van der Waals surface area (Å²) in [5.74, 6) is 0.484. The average Bonchev–Trinajstić information content (AvgIpc) is 3.10. The van der Waals surface area contributed by atoms with E-state index in [-0.39, 0.29) is 23.7 Å². The van der Waals surface area contributed by atoms with Gasteiger partial charge in [-0.05, 0) is 114 Å². The Morgan fingerprint density at radius 1 is 1.24 bits per heavy atom. The van der Waals surface area contributed by atoms with Crippen molar-refractivity contribution in [2.75, 3.05) is 24.6 Å². The van der Waals surface area contributed by atoms with Crippen molar-refractivity contribution in [3.8, 4) is 5.75 Å². The van der Waals surface area contributed by atoms with Gasteiger partial charge in [0.25, 0.3) is 0 Å². The molecule has 3 N–H and O–H groups in total. The second-order valence-electron chi connectivity index (χ2n) is 14.5. The first-order chi connectivity index (χ1) is 21.0. The number of sulfonamides is 1. The lowest BCUT2D eigenvalue weighted by molar-refractivity contribution is -0.0469. The molecule has 1 saturated carbocycles. The van der Waals surface area contributed by atoms with Crippen molar-refractivity contribution in [2.24, 2.45) is 16.5 Å². The number of fused-ring (bicyclic) bond motifs is 3. The average molecular weight is 659 g/mol. The van der Waals surface area contributed by atoms with Gasteiger partial charge in [0.1, 0.15) is 11.4 Å². The number of benzene rings is 2. The van der Waals surface area contributed by atoms with Gasteiger partial charge >= 0.3 is 5.97 Å². The van der Waals surface area contributed by atoms with Crippen LogP contribution in [0.3, 0.4) is 0 Å². The van der Waals surface area contributed by atoms with Crippen LogP contribution in [0.2, 0.25) is 5.02 Å². The third kappa shape index (κ3) is 7.22. The Bertz CT molecular complexity index is 1570. The number of anilines is 1. The monoisotopic (exact) mass is 658 g/mol. The number of rotatable bonds is 8. The molecule has 0 saturated heterocycles. The number of hydrogen-bond acceptors (Lipinski definition) is 7. The molecule has 10 heteroatoms. The van der Waals surface area contributed by atoms with Crippen LogP contribution < -0.4 is 14.8 Å². The maximum atomic E-state index is 13.1. The summed E-state index contributed by atoms with van der Waals surface area (Å²) in [5, 5.41) is 16.6. The molecule has 2 aliphatic carbocycles. The fourth-order valence-electron chi connectivity index (χ4n) is 7.09. The van der Waals surface area contributed by atoms with E-state index in [1.165, 1.54) is 11.1 Å². The molecule has 2 aromatic carbocycles. The van der Waals surface area contributed by atoms with Gasteiger partial charge in [-0.3, -0.25) is 0 Å². The molecule has 5 atom stereocenters. The quantitative estimate of drug-likeness (QED) is 0.257. The molecule has 3 aliphatic rings. The molecular formula is C35H47ClN2O6S. The normalized spacial score (nSPS) is 26.3. The predicted octanol–water partition coefficient (Wildman–Crippen LogP) is 6.17. The predicted molar refractivity (Wildman–Crippen MR) is 179 cm³/mol. The van der Waals surface area contributed by atoms with Gasteiger partial charge in [0, 0.05) is 28.9 Å². The molecule has 1 spiro atoms. The molecule has 0 radical (unpaired) electrons. The second-order valence-corrected chi connectivity index (χ2v) is 17.0. The van der Waals surface area contributed by atoms with Crippen molar-refractivity contribution in [1.29, 1.82) is 0 Å². The zero-order valence-electron chi connectivity index (χ0n) is 27.0. The molecule has 0 aromatic heterocycles. The molecule has 246 valence electrons. The molecular weight excluding hydrogens is 612 g/mol. The van der Waals surface area contributed by atoms with Crippen LogP contribution in [-0.2, 0) is 26.6 Å². The van der Waals surface area contributed by atoms with Crippen LogP contribution in [0.1, 0.15) is 88.2 Å². The van der Waals surface area contributed by atoms with Crippen molar-refractivity contribution in [3.05, 3.63) is 70.3 Å². The van der Waals surface area contributed by atoms with Gasteiger partial charge in [0.05, 0.1) is 29.2 Å². The van der Waals surface area contributed by atoms with Gasteiger partial charge in [-0.15, -0.1) is 0 Å². The molecule has 0 amide bonds. The number of primary sulfonamides is 1. The number of aliphatic hydroxyl groups is 1. The summed E-state index contributed by atoms with van der Waals surface area (Å²) in [7, 11) is -3.64. The fraction of sp³-hybridized carbons (Fsp3) is 0.571. The summed E-state index contributed by atoms with van der Waals surface area (Å²) in [5.41, 5.74) is 2.52. The number of aryl methyl sites for hydroxylation is 1. The van der Waals surface area contributed by atoms with Gasteiger partial charge < -0.3 is 19.5 Å². The highest BCUT2D eigenvalue weighted by molar-refractivity contribution is 7.89. The van der Waals surface area contributed by atoms with Crippen LogP contribution >= 0.6 is 11.6 Å². The molecule has 8 nitrogen and oxygen atoms in total. The molecule has 2 aromatic rings. The number of allylic oxidation sites excluding steroid dienone is 1. The number of carbonyl (C=O) groups is 1. The topological polar surface area (TPSA) is 119 Å². The van der Waals surface area contributed by atoms with E-state index in [9.17, 15) is 18.3 Å². The second kappa shape index (κ2) is 12.5. The van der Waals surface area contributed by atoms with Crippen LogP contribution in [0.15, 0.2) is 48.6 Å².